The quantitative estimate of drug-likeness (QED) is 0.265. The number of aliphatic carboxylic acids is 1. The number of esters is 2. The van der Waals surface area contributed by atoms with Crippen LogP contribution in [0.2, 0.25) is 0 Å². The van der Waals surface area contributed by atoms with Gasteiger partial charge in [0.2, 0.25) is 0 Å². The zero-order valence-electron chi connectivity index (χ0n) is 8.77. The van der Waals surface area contributed by atoms with E-state index in [1.165, 1.54) is 18.2 Å². The predicted molar refractivity (Wildman–Crippen MR) is 55.3 cm³/mol. The van der Waals surface area contributed by atoms with Crippen molar-refractivity contribution < 1.29 is 38.9 Å². The van der Waals surface area contributed by atoms with Crippen LogP contribution in [-0.4, -0.2) is 40.4 Å². The second-order valence-corrected chi connectivity index (χ2v) is 2.92. The summed E-state index contributed by atoms with van der Waals surface area (Å²) in [6.07, 6.45) is 0. The van der Waals surface area contributed by atoms with Gasteiger partial charge in [0.05, 0.1) is 0 Å². The molecule has 1 rings (SSSR count). The summed E-state index contributed by atoms with van der Waals surface area (Å²) in [7, 11) is -2.17. The molecule has 1 aromatic rings. The Hall–Kier alpha value is -2.39. The van der Waals surface area contributed by atoms with E-state index in [1.807, 2.05) is 0 Å². The molecule has 0 fully saturated rings. The van der Waals surface area contributed by atoms with Gasteiger partial charge in [-0.3, -0.25) is 0 Å². The van der Waals surface area contributed by atoms with Crippen LogP contribution in [0.4, 0.5) is 0 Å². The van der Waals surface area contributed by atoms with E-state index in [1.54, 1.807) is 0 Å². The fraction of sp³-hybridized carbons (Fsp3) is 0. The van der Waals surface area contributed by atoms with Gasteiger partial charge in [0, 0.05) is 0 Å². The lowest BCUT2D eigenvalue weighted by Crippen LogP contribution is -2.24. The third-order valence-electron chi connectivity index (χ3n) is 1.70. The lowest BCUT2D eigenvalue weighted by Gasteiger charge is -2.08. The monoisotopic (exact) mass is 254 g/mol. The van der Waals surface area contributed by atoms with Crippen LogP contribution in [0.5, 0.6) is 5.75 Å². The van der Waals surface area contributed by atoms with E-state index < -0.39 is 25.2 Å². The van der Waals surface area contributed by atoms with Gasteiger partial charge in [-0.25, -0.2) is 14.4 Å². The van der Waals surface area contributed by atoms with Gasteiger partial charge < -0.3 is 24.5 Å². The topological polar surface area (TPSA) is 130 Å². The van der Waals surface area contributed by atoms with Crippen LogP contribution in [-0.2, 0) is 14.3 Å². The fourth-order valence-electron chi connectivity index (χ4n) is 1.03. The third kappa shape index (κ3) is 3.58. The average Bonchev–Trinajstić information content (AvgIpc) is 2.28. The molecule has 0 saturated heterocycles. The highest BCUT2D eigenvalue weighted by atomic mass is 16.6. The van der Waals surface area contributed by atoms with Crippen molar-refractivity contribution in [2.45, 2.75) is 0 Å². The lowest BCUT2D eigenvalue weighted by atomic mass is 10.1. The highest BCUT2D eigenvalue weighted by Crippen LogP contribution is 2.19. The van der Waals surface area contributed by atoms with Crippen molar-refractivity contribution in [3.8, 4) is 5.75 Å². The highest BCUT2D eigenvalue weighted by molar-refractivity contribution is 6.34. The molecule has 0 aliphatic rings. The molecule has 0 heterocycles. The van der Waals surface area contributed by atoms with Gasteiger partial charge in [-0.2, -0.15) is 0 Å². The summed E-state index contributed by atoms with van der Waals surface area (Å²) >= 11 is 0. The number of carbonyl (C=O) groups is 3. The van der Waals surface area contributed by atoms with Gasteiger partial charge in [-0.05, 0) is 12.1 Å². The van der Waals surface area contributed by atoms with Crippen LogP contribution in [0.25, 0.3) is 0 Å². The molecule has 0 spiro atoms. The van der Waals surface area contributed by atoms with Crippen LogP contribution in [0.15, 0.2) is 24.3 Å². The molecule has 0 amide bonds. The van der Waals surface area contributed by atoms with Crippen molar-refractivity contribution in [3.63, 3.8) is 0 Å². The summed E-state index contributed by atoms with van der Waals surface area (Å²) in [6, 6.07) is 5.18. The van der Waals surface area contributed by atoms with Crippen molar-refractivity contribution in [1.29, 1.82) is 0 Å². The first kappa shape index (κ1) is 13.7. The molecule has 1 aromatic carbocycles. The zero-order valence-corrected chi connectivity index (χ0v) is 8.77. The minimum absolute atomic E-state index is 0.268. The van der Waals surface area contributed by atoms with E-state index in [9.17, 15) is 14.4 Å². The number of ether oxygens (including phenoxy) is 1. The molecule has 0 aliphatic carbocycles. The minimum Gasteiger partial charge on any atom is -0.511 e. The number of carbonyl (C=O) groups excluding carboxylic acids is 2. The summed E-state index contributed by atoms with van der Waals surface area (Å²) in [5, 5.41) is 25.5. The summed E-state index contributed by atoms with van der Waals surface area (Å²) < 4.78 is 8.46. The van der Waals surface area contributed by atoms with Crippen molar-refractivity contribution in [2.75, 3.05) is 0 Å². The van der Waals surface area contributed by atoms with Gasteiger partial charge >= 0.3 is 25.2 Å². The highest BCUT2D eigenvalue weighted by Gasteiger charge is 2.23. The van der Waals surface area contributed by atoms with Crippen molar-refractivity contribution >= 4 is 25.2 Å². The van der Waals surface area contributed by atoms with E-state index in [4.69, 9.17) is 15.2 Å². The van der Waals surface area contributed by atoms with Crippen LogP contribution in [0.3, 0.4) is 0 Å². The lowest BCUT2D eigenvalue weighted by molar-refractivity contribution is -0.160. The Morgan fingerprint density at radius 2 is 1.72 bits per heavy atom. The first-order chi connectivity index (χ1) is 8.41. The van der Waals surface area contributed by atoms with Crippen LogP contribution < -0.4 is 4.65 Å². The standard InChI is InChI=1S/C9H7BO8/c11-7(12)9(14)17-8(13)5-3-1-2-4-6(5)18-10(15)16/h1-4,15-16H,(H,11,12). The number of para-hydroxylation sites is 1. The summed E-state index contributed by atoms with van der Waals surface area (Å²) in [5.74, 6) is -5.22. The van der Waals surface area contributed by atoms with Crippen LogP contribution in [0, 0.1) is 0 Å². The third-order valence-corrected chi connectivity index (χ3v) is 1.70. The van der Waals surface area contributed by atoms with Gasteiger partial charge in [-0.15, -0.1) is 0 Å². The van der Waals surface area contributed by atoms with E-state index in [0.717, 1.165) is 6.07 Å². The first-order valence-corrected chi connectivity index (χ1v) is 4.53. The molecule has 18 heavy (non-hydrogen) atoms. The van der Waals surface area contributed by atoms with Crippen LogP contribution >= 0.6 is 0 Å². The second kappa shape index (κ2) is 5.80. The van der Waals surface area contributed by atoms with Crippen molar-refractivity contribution in [2.24, 2.45) is 0 Å². The Morgan fingerprint density at radius 3 is 2.28 bits per heavy atom. The number of carboxylic acid groups (broad SMARTS) is 1. The summed E-state index contributed by atoms with van der Waals surface area (Å²) in [6.45, 7) is 0. The fourth-order valence-corrected chi connectivity index (χ4v) is 1.03. The Kier molecular flexibility index (Phi) is 4.41. The van der Waals surface area contributed by atoms with Gasteiger partial charge in [0.25, 0.3) is 0 Å². The normalized spacial score (nSPS) is 9.44. The molecule has 0 unspecified atom stereocenters. The SMILES string of the molecule is O=C(O)C(=O)OC(=O)c1ccccc1OB(O)O. The van der Waals surface area contributed by atoms with Crippen molar-refractivity contribution in [3.05, 3.63) is 29.8 Å². The maximum absolute atomic E-state index is 11.4. The number of rotatable bonds is 3. The predicted octanol–water partition coefficient (Wildman–Crippen LogP) is -1.20. The molecular formula is C9H7BO8. The van der Waals surface area contributed by atoms with E-state index >= 15 is 0 Å². The Balaban J connectivity index is 2.91. The second-order valence-electron chi connectivity index (χ2n) is 2.92. The Bertz CT molecular complexity index is 483. The number of hydrogen-bond donors (Lipinski definition) is 3. The van der Waals surface area contributed by atoms with E-state index in [2.05, 4.69) is 9.39 Å². The Labute approximate surface area is 101 Å². The Morgan fingerprint density at radius 1 is 1.11 bits per heavy atom. The molecule has 94 valence electrons. The number of hydrogen-bond acceptors (Lipinski definition) is 7. The maximum atomic E-state index is 11.4. The molecule has 3 N–H and O–H groups in total. The molecule has 0 aliphatic heterocycles. The van der Waals surface area contributed by atoms with Crippen LogP contribution in [0.1, 0.15) is 10.4 Å². The van der Waals surface area contributed by atoms with Crippen molar-refractivity contribution in [1.82, 2.24) is 0 Å². The first-order valence-electron chi connectivity index (χ1n) is 4.53. The molecule has 0 aromatic heterocycles. The average molecular weight is 254 g/mol. The molecule has 0 bridgehead atoms. The number of benzene rings is 1. The maximum Gasteiger partial charge on any atom is 0.707 e. The molecule has 0 saturated carbocycles. The summed E-state index contributed by atoms with van der Waals surface area (Å²) in [4.78, 5) is 32.3. The molecule has 0 atom stereocenters. The smallest absolute Gasteiger partial charge is 0.511 e. The molecule has 8 nitrogen and oxygen atoms in total. The van der Waals surface area contributed by atoms with Gasteiger partial charge in [-0.1, -0.05) is 12.1 Å². The summed E-state index contributed by atoms with van der Waals surface area (Å²) in [5.41, 5.74) is -0.319. The largest absolute Gasteiger partial charge is 0.707 e. The zero-order chi connectivity index (χ0) is 13.7. The minimum atomic E-state index is -2.17. The molecular weight excluding hydrogens is 247 g/mol. The van der Waals surface area contributed by atoms with Gasteiger partial charge in [0.15, 0.2) is 0 Å². The molecule has 9 heteroatoms. The van der Waals surface area contributed by atoms with Gasteiger partial charge in [0.1, 0.15) is 11.3 Å². The van der Waals surface area contributed by atoms with E-state index in [0.29, 0.717) is 0 Å². The number of carboxylic acids is 1. The molecule has 0 radical (unpaired) electrons. The van der Waals surface area contributed by atoms with E-state index in [-0.39, 0.29) is 11.3 Å².